The Balaban J connectivity index is -0.00000000500. The van der Waals surface area contributed by atoms with Crippen molar-refractivity contribution >= 4 is 10.6 Å². The van der Waals surface area contributed by atoms with Crippen molar-refractivity contribution in [2.75, 3.05) is 0 Å². The molecule has 0 aromatic carbocycles. The normalized spacial score (nSPS) is 1.25. The van der Waals surface area contributed by atoms with Crippen LogP contribution in [0.3, 0.4) is 0 Å². The molecule has 0 aromatic rings. The molecule has 0 rings (SSSR count). The van der Waals surface area contributed by atoms with Gasteiger partial charge in [-0.3, -0.25) is 0 Å². The number of hydrogen-bond acceptors (Lipinski definition) is 1. The molecule has 0 unspecified atom stereocenters. The van der Waals surface area contributed by atoms with Gasteiger partial charge < -0.3 is 5.48 Å². The van der Waals surface area contributed by atoms with Crippen molar-refractivity contribution in [1.29, 1.82) is 0 Å². The molecule has 28 valence electrons. The third kappa shape index (κ3) is 10.7. The van der Waals surface area contributed by atoms with Gasteiger partial charge in [-0.2, -0.15) is 0 Å². The van der Waals surface area contributed by atoms with Crippen LogP contribution in [0.5, 0.6) is 0 Å². The molecule has 0 aromatic heterocycles. The topological polar surface area (TPSA) is 28.5 Å². The van der Waals surface area contributed by atoms with Crippen LogP contribution in [0.2, 0.25) is 0 Å². The molecule has 0 aliphatic carbocycles. The van der Waals surface area contributed by atoms with Crippen LogP contribution in [0, 0.1) is 0 Å². The zero-order chi connectivity index (χ0) is 2.00. The minimum absolute atomic E-state index is 0. The maximum atomic E-state index is 3.83. The average molecular weight is 160 g/mol. The summed E-state index contributed by atoms with van der Waals surface area (Å²) in [5.41, 5.74) is 0. The zero-order valence-electron chi connectivity index (χ0n) is 1.52. The summed E-state index contributed by atoms with van der Waals surface area (Å²) in [6.07, 6.45) is 0. The minimum atomic E-state index is 0. The van der Waals surface area contributed by atoms with Gasteiger partial charge in [0.15, 0.2) is 0 Å². The van der Waals surface area contributed by atoms with Crippen LogP contribution in [0.15, 0.2) is 0 Å². The monoisotopic (exact) mass is 160 g/mol. The predicted molar refractivity (Wildman–Crippen MR) is 8.28 cm³/mol. The molecule has 0 bridgehead atoms. The van der Waals surface area contributed by atoms with Gasteiger partial charge in [-0.05, 0) is 0 Å². The van der Waals surface area contributed by atoms with Crippen molar-refractivity contribution in [3.05, 3.63) is 0 Å². The second-order valence-corrected chi connectivity index (χ2v) is 0. The van der Waals surface area contributed by atoms with Gasteiger partial charge in [0, 0.05) is 0 Å². The van der Waals surface area contributed by atoms with E-state index < -0.39 is 0 Å². The first-order valence-corrected chi connectivity index (χ1v) is 1.79. The summed E-state index contributed by atoms with van der Waals surface area (Å²) in [7, 11) is 3.83. The van der Waals surface area contributed by atoms with Gasteiger partial charge >= 0.3 is 42.0 Å². The molecule has 4 heteroatoms. The standard InChI is InChI=1S/2Fe.O.S/q;+2;-2;. The van der Waals surface area contributed by atoms with E-state index in [1.807, 2.05) is 0 Å². The van der Waals surface area contributed by atoms with Gasteiger partial charge in [0.25, 0.3) is 0 Å². The zero-order valence-corrected chi connectivity index (χ0v) is 4.55. The first-order valence-electron chi connectivity index (χ1n) is 0.144. The molecule has 4 heavy (non-hydrogen) atoms. The Labute approximate surface area is 47.6 Å². The molecule has 0 aliphatic heterocycles. The Bertz CT molecular complexity index is 6.00. The van der Waals surface area contributed by atoms with Crippen molar-refractivity contribution in [2.45, 2.75) is 0 Å². The van der Waals surface area contributed by atoms with Crippen molar-refractivity contribution in [2.24, 2.45) is 0 Å². The summed E-state index contributed by atoms with van der Waals surface area (Å²) in [5.74, 6) is 0. The fraction of sp³-hybridized carbons (Fsp3) is 0. The molecular formula is Fe2OS. The molecule has 0 aliphatic rings. The van der Waals surface area contributed by atoms with E-state index >= 15 is 0 Å². The summed E-state index contributed by atoms with van der Waals surface area (Å²) in [6.45, 7) is 0. The quantitative estimate of drug-likeness (QED) is 0.474. The molecule has 1 nitrogen and oxygen atoms in total. The van der Waals surface area contributed by atoms with E-state index in [9.17, 15) is 0 Å². The summed E-state index contributed by atoms with van der Waals surface area (Å²) in [5, 5.41) is 0. The van der Waals surface area contributed by atoms with Crippen LogP contribution < -0.4 is 0 Å². The van der Waals surface area contributed by atoms with E-state index in [-0.39, 0.29) is 22.5 Å². The van der Waals surface area contributed by atoms with Crippen LogP contribution in [0.4, 0.5) is 0 Å². The van der Waals surface area contributed by atoms with Gasteiger partial charge in [0.2, 0.25) is 0 Å². The number of rotatable bonds is 0. The Morgan fingerprint density at radius 1 is 1.25 bits per heavy atom. The first kappa shape index (κ1) is 18.9. The van der Waals surface area contributed by atoms with Crippen LogP contribution in [0.25, 0.3) is 0 Å². The second-order valence-electron chi connectivity index (χ2n) is 0. The van der Waals surface area contributed by atoms with Crippen LogP contribution >= 0.6 is 10.6 Å². The molecule has 0 atom stereocenters. The van der Waals surface area contributed by atoms with Crippen molar-refractivity contribution < 1.29 is 36.9 Å². The summed E-state index contributed by atoms with van der Waals surface area (Å²) in [4.78, 5) is 0. The molecule has 0 amide bonds. The van der Waals surface area contributed by atoms with E-state index in [4.69, 9.17) is 0 Å². The van der Waals surface area contributed by atoms with E-state index in [0.29, 0.717) is 0 Å². The first-order chi connectivity index (χ1) is 1.00. The Morgan fingerprint density at radius 2 is 1.25 bits per heavy atom. The predicted octanol–water partition coefficient (Wildman–Crippen LogP) is 0.524. The Hall–Kier alpha value is 1.22. The van der Waals surface area contributed by atoms with E-state index in [1.54, 1.807) is 0 Å². The molecule has 0 saturated carbocycles. The van der Waals surface area contributed by atoms with Gasteiger partial charge in [0.05, 0.1) is 0 Å². The average Bonchev–Trinajstić information content (AvgIpc) is 1.00. The van der Waals surface area contributed by atoms with Crippen LogP contribution in [-0.2, 0) is 36.9 Å². The molecule has 0 N–H and O–H groups in total. The van der Waals surface area contributed by atoms with E-state index in [1.165, 1.54) is 0 Å². The van der Waals surface area contributed by atoms with Crippen molar-refractivity contribution in [3.63, 3.8) is 0 Å². The summed E-state index contributed by atoms with van der Waals surface area (Å²) >= 11 is 2.83. The molecule has 0 fully saturated rings. The fourth-order valence-corrected chi connectivity index (χ4v) is 0. The van der Waals surface area contributed by atoms with E-state index in [0.717, 1.165) is 0 Å². The molecule has 0 radical (unpaired) electrons. The summed E-state index contributed by atoms with van der Waals surface area (Å²) < 4.78 is 0. The molecule has 0 spiro atoms. The molecule has 0 heterocycles. The maximum absolute atomic E-state index is 3.83. The SMILES string of the molecule is [Fe+2].[O-2].[S]=[Fe]. The Kier molecular flexibility index (Phi) is 139. The van der Waals surface area contributed by atoms with Gasteiger partial charge in [-0.25, -0.2) is 0 Å². The van der Waals surface area contributed by atoms with Gasteiger partial charge in [-0.15, -0.1) is 0 Å². The van der Waals surface area contributed by atoms with Crippen molar-refractivity contribution in [3.8, 4) is 0 Å². The third-order valence-electron chi connectivity index (χ3n) is 0. The van der Waals surface area contributed by atoms with Gasteiger partial charge in [0.1, 0.15) is 0 Å². The Morgan fingerprint density at radius 3 is 1.25 bits per heavy atom. The van der Waals surface area contributed by atoms with Crippen molar-refractivity contribution in [1.82, 2.24) is 0 Å². The number of hydrogen-bond donors (Lipinski definition) is 0. The van der Waals surface area contributed by atoms with E-state index in [2.05, 4.69) is 24.9 Å². The van der Waals surface area contributed by atoms with Crippen LogP contribution in [-0.4, -0.2) is 0 Å². The van der Waals surface area contributed by atoms with Gasteiger partial charge in [-0.1, -0.05) is 0 Å². The van der Waals surface area contributed by atoms with Crippen LogP contribution in [0.1, 0.15) is 0 Å². The molecular weight excluding hydrogens is 160 g/mol. The fourth-order valence-electron chi connectivity index (χ4n) is 0. The summed E-state index contributed by atoms with van der Waals surface area (Å²) in [6, 6.07) is 0. The molecule has 0 saturated heterocycles. The third-order valence-corrected chi connectivity index (χ3v) is 0. The second kappa shape index (κ2) is 29.4.